The van der Waals surface area contributed by atoms with Gasteiger partial charge >= 0.3 is 0 Å². The number of hydrogen-bond donors (Lipinski definition) is 2. The number of carbonyl (C=O) groups excluding carboxylic acids is 1. The predicted molar refractivity (Wildman–Crippen MR) is 67.2 cm³/mol. The van der Waals surface area contributed by atoms with Crippen molar-refractivity contribution in [3.63, 3.8) is 0 Å². The van der Waals surface area contributed by atoms with Crippen LogP contribution in [0.1, 0.15) is 47.0 Å². The average Bonchev–Trinajstić information content (AvgIpc) is 2.02. The number of carbonyl (C=O) groups is 1. The van der Waals surface area contributed by atoms with Gasteiger partial charge in [0.2, 0.25) is 5.91 Å². The number of hydrogen-bond acceptors (Lipinski definition) is 2. The lowest BCUT2D eigenvalue weighted by Crippen LogP contribution is -2.52. The van der Waals surface area contributed by atoms with Crippen molar-refractivity contribution in [3.8, 4) is 0 Å². The maximum Gasteiger partial charge on any atom is 0.220 e. The van der Waals surface area contributed by atoms with Crippen molar-refractivity contribution in [2.75, 3.05) is 6.54 Å². The predicted octanol–water partition coefficient (Wildman–Crippen LogP) is 2.09. The highest BCUT2D eigenvalue weighted by Crippen LogP contribution is 2.15. The summed E-state index contributed by atoms with van der Waals surface area (Å²) >= 11 is 0. The summed E-state index contributed by atoms with van der Waals surface area (Å²) in [4.78, 5) is 11.4. The first-order valence-electron chi connectivity index (χ1n) is 5.44. The molecule has 0 aromatic rings. The van der Waals surface area contributed by atoms with E-state index < -0.39 is 0 Å². The Bertz CT molecular complexity index is 185. The van der Waals surface area contributed by atoms with Crippen LogP contribution in [-0.2, 0) is 4.79 Å². The smallest absolute Gasteiger partial charge is 0.220 e. The van der Waals surface area contributed by atoms with Gasteiger partial charge in [-0.2, -0.15) is 0 Å². The van der Waals surface area contributed by atoms with Gasteiger partial charge in [-0.25, -0.2) is 0 Å². The van der Waals surface area contributed by atoms with Crippen molar-refractivity contribution in [1.29, 1.82) is 0 Å². The van der Waals surface area contributed by atoms with Crippen molar-refractivity contribution < 1.29 is 4.79 Å². The summed E-state index contributed by atoms with van der Waals surface area (Å²) in [5, 5.41) is 3.01. The molecule has 15 heavy (non-hydrogen) atoms. The van der Waals surface area contributed by atoms with Crippen molar-refractivity contribution in [2.24, 2.45) is 11.7 Å². The van der Waals surface area contributed by atoms with Crippen LogP contribution in [0.15, 0.2) is 0 Å². The Morgan fingerprint density at radius 2 is 2.00 bits per heavy atom. The third-order valence-corrected chi connectivity index (χ3v) is 2.23. The van der Waals surface area contributed by atoms with Gasteiger partial charge in [0.25, 0.3) is 0 Å². The van der Waals surface area contributed by atoms with Crippen LogP contribution in [0, 0.1) is 5.92 Å². The molecule has 0 bridgehead atoms. The summed E-state index contributed by atoms with van der Waals surface area (Å²) in [6.07, 6.45) is 2.40. The van der Waals surface area contributed by atoms with Crippen molar-refractivity contribution in [1.82, 2.24) is 5.32 Å². The topological polar surface area (TPSA) is 55.1 Å². The minimum atomic E-state index is -0.236. The Morgan fingerprint density at radius 1 is 1.47 bits per heavy atom. The minimum Gasteiger partial charge on any atom is -0.350 e. The van der Waals surface area contributed by atoms with E-state index in [-0.39, 0.29) is 23.9 Å². The Labute approximate surface area is 99.6 Å². The fraction of sp³-hybridized carbons (Fsp3) is 0.909. The SMILES string of the molecule is CCCC(=O)NC(C)(CN)CC(C)C.Cl. The number of nitrogens with one attached hydrogen (secondary N) is 1. The first-order chi connectivity index (χ1) is 6.43. The maximum atomic E-state index is 11.4. The zero-order chi connectivity index (χ0) is 11.2. The summed E-state index contributed by atoms with van der Waals surface area (Å²) in [6, 6.07) is 0. The standard InChI is InChI=1S/C11H24N2O.ClH/c1-5-6-10(14)13-11(4,8-12)7-9(2)3;/h9H,5-8,12H2,1-4H3,(H,13,14);1H. The van der Waals surface area contributed by atoms with Gasteiger partial charge in [-0.1, -0.05) is 20.8 Å². The Balaban J connectivity index is 0. The molecule has 1 amide bonds. The van der Waals surface area contributed by atoms with Gasteiger partial charge in [0.05, 0.1) is 0 Å². The van der Waals surface area contributed by atoms with Crippen LogP contribution >= 0.6 is 12.4 Å². The third-order valence-electron chi connectivity index (χ3n) is 2.23. The minimum absolute atomic E-state index is 0. The Kier molecular flexibility index (Phi) is 9.07. The van der Waals surface area contributed by atoms with Crippen LogP contribution in [0.2, 0.25) is 0 Å². The van der Waals surface area contributed by atoms with Crippen LogP contribution in [-0.4, -0.2) is 18.0 Å². The maximum absolute atomic E-state index is 11.4. The molecule has 0 aliphatic carbocycles. The monoisotopic (exact) mass is 236 g/mol. The van der Waals surface area contributed by atoms with E-state index in [0.29, 0.717) is 18.9 Å². The number of rotatable bonds is 6. The first kappa shape index (κ1) is 17.1. The quantitative estimate of drug-likeness (QED) is 0.742. The summed E-state index contributed by atoms with van der Waals surface area (Å²) in [7, 11) is 0. The van der Waals surface area contributed by atoms with Gasteiger partial charge in [-0.05, 0) is 25.7 Å². The largest absolute Gasteiger partial charge is 0.350 e. The summed E-state index contributed by atoms with van der Waals surface area (Å²) in [5.74, 6) is 0.659. The van der Waals surface area contributed by atoms with Gasteiger partial charge in [-0.15, -0.1) is 12.4 Å². The number of amides is 1. The molecule has 3 N–H and O–H groups in total. The lowest BCUT2D eigenvalue weighted by atomic mass is 9.90. The molecule has 0 rings (SSSR count). The number of nitrogens with two attached hydrogens (primary N) is 1. The molecule has 0 fully saturated rings. The highest BCUT2D eigenvalue weighted by Gasteiger charge is 2.25. The second-order valence-corrected chi connectivity index (χ2v) is 4.66. The van der Waals surface area contributed by atoms with Gasteiger partial charge in [-0.3, -0.25) is 4.79 Å². The van der Waals surface area contributed by atoms with E-state index in [0.717, 1.165) is 12.8 Å². The molecule has 3 nitrogen and oxygen atoms in total. The van der Waals surface area contributed by atoms with Gasteiger partial charge in [0.1, 0.15) is 0 Å². The van der Waals surface area contributed by atoms with E-state index in [1.54, 1.807) is 0 Å². The van der Waals surface area contributed by atoms with Crippen LogP contribution in [0.3, 0.4) is 0 Å². The fourth-order valence-corrected chi connectivity index (χ4v) is 1.71. The van der Waals surface area contributed by atoms with Crippen molar-refractivity contribution in [2.45, 2.75) is 52.5 Å². The molecule has 0 heterocycles. The van der Waals surface area contributed by atoms with Gasteiger partial charge in [0.15, 0.2) is 0 Å². The molecule has 0 saturated heterocycles. The number of halogens is 1. The third kappa shape index (κ3) is 7.63. The van der Waals surface area contributed by atoms with E-state index in [9.17, 15) is 4.79 Å². The first-order valence-corrected chi connectivity index (χ1v) is 5.44. The summed E-state index contributed by atoms with van der Waals surface area (Å²) in [5.41, 5.74) is 5.45. The molecule has 0 saturated carbocycles. The van der Waals surface area contributed by atoms with E-state index in [1.807, 2.05) is 13.8 Å². The van der Waals surface area contributed by atoms with Crippen molar-refractivity contribution in [3.05, 3.63) is 0 Å². The lowest BCUT2D eigenvalue weighted by Gasteiger charge is -2.31. The fourth-order valence-electron chi connectivity index (χ4n) is 1.71. The highest BCUT2D eigenvalue weighted by atomic mass is 35.5. The van der Waals surface area contributed by atoms with Crippen LogP contribution in [0.5, 0.6) is 0 Å². The molecule has 0 aliphatic rings. The molecule has 0 radical (unpaired) electrons. The molecule has 4 heteroatoms. The van der Waals surface area contributed by atoms with Crippen LogP contribution in [0.4, 0.5) is 0 Å². The molecular weight excluding hydrogens is 212 g/mol. The van der Waals surface area contributed by atoms with Gasteiger partial charge < -0.3 is 11.1 Å². The Morgan fingerprint density at radius 3 is 2.33 bits per heavy atom. The van der Waals surface area contributed by atoms with Gasteiger partial charge in [0, 0.05) is 18.5 Å². The molecule has 1 unspecified atom stereocenters. The van der Waals surface area contributed by atoms with E-state index in [4.69, 9.17) is 5.73 Å². The molecule has 1 atom stereocenters. The van der Waals surface area contributed by atoms with E-state index >= 15 is 0 Å². The zero-order valence-electron chi connectivity index (χ0n) is 10.3. The summed E-state index contributed by atoms with van der Waals surface area (Å²) < 4.78 is 0. The molecule has 0 aromatic carbocycles. The molecule has 92 valence electrons. The van der Waals surface area contributed by atoms with Crippen molar-refractivity contribution >= 4 is 18.3 Å². The molecule has 0 spiro atoms. The van der Waals surface area contributed by atoms with E-state index in [1.165, 1.54) is 0 Å². The zero-order valence-corrected chi connectivity index (χ0v) is 11.1. The Hall–Kier alpha value is -0.280. The lowest BCUT2D eigenvalue weighted by molar-refractivity contribution is -0.122. The van der Waals surface area contributed by atoms with Crippen LogP contribution in [0.25, 0.3) is 0 Å². The molecule has 0 aliphatic heterocycles. The normalized spacial score (nSPS) is 14.3. The molecule has 0 aromatic heterocycles. The second kappa shape index (κ2) is 7.94. The van der Waals surface area contributed by atoms with E-state index in [2.05, 4.69) is 19.2 Å². The second-order valence-electron chi connectivity index (χ2n) is 4.66. The highest BCUT2D eigenvalue weighted by molar-refractivity contribution is 5.85. The van der Waals surface area contributed by atoms with Crippen LogP contribution < -0.4 is 11.1 Å². The average molecular weight is 237 g/mol. The molecular formula is C11H25ClN2O. The summed E-state index contributed by atoms with van der Waals surface area (Å²) in [6.45, 7) is 8.79.